The number of sulfonamides is 1. The molecule has 0 saturated carbocycles. The Morgan fingerprint density at radius 3 is 2.26 bits per heavy atom. The van der Waals surface area contributed by atoms with Crippen LogP contribution in [0, 0.1) is 13.8 Å². The van der Waals surface area contributed by atoms with Crippen molar-refractivity contribution in [2.75, 3.05) is 25.1 Å². The van der Waals surface area contributed by atoms with Gasteiger partial charge < -0.3 is 14.8 Å². The number of hydrogen-bond donors (Lipinski definition) is 1. The van der Waals surface area contributed by atoms with Crippen LogP contribution in [0.5, 0.6) is 11.5 Å². The van der Waals surface area contributed by atoms with E-state index in [4.69, 9.17) is 9.47 Å². The van der Waals surface area contributed by atoms with Gasteiger partial charge in [-0.3, -0.25) is 9.10 Å². The standard InChI is InChI=1S/C27H32N2O5S/c1-6-23(21-15-16-25(33-4)26(17-21)34-5)28-27(30)18-29(24-14-10-11-19(2)20(24)3)35(31,32)22-12-8-7-9-13-22/h7-17,23H,6,18H2,1-5H3,(H,28,30). The molecule has 0 aliphatic rings. The van der Waals surface area contributed by atoms with E-state index in [0.29, 0.717) is 23.6 Å². The molecule has 3 aromatic carbocycles. The van der Waals surface area contributed by atoms with Crippen molar-refractivity contribution in [3.8, 4) is 11.5 Å². The smallest absolute Gasteiger partial charge is 0.264 e. The van der Waals surface area contributed by atoms with Crippen molar-refractivity contribution < 1.29 is 22.7 Å². The van der Waals surface area contributed by atoms with E-state index >= 15 is 0 Å². The summed E-state index contributed by atoms with van der Waals surface area (Å²) < 4.78 is 39.1. The quantitative estimate of drug-likeness (QED) is 0.437. The molecule has 0 aromatic heterocycles. The number of aryl methyl sites for hydroxylation is 1. The van der Waals surface area contributed by atoms with Gasteiger partial charge >= 0.3 is 0 Å². The normalized spacial score (nSPS) is 12.0. The SMILES string of the molecule is CCC(NC(=O)CN(c1cccc(C)c1C)S(=O)(=O)c1ccccc1)c1ccc(OC)c(OC)c1. The molecule has 8 heteroatoms. The van der Waals surface area contributed by atoms with Crippen molar-refractivity contribution in [2.45, 2.75) is 38.1 Å². The predicted octanol–water partition coefficient (Wildman–Crippen LogP) is 4.78. The summed E-state index contributed by atoms with van der Waals surface area (Å²) in [5, 5.41) is 2.99. The van der Waals surface area contributed by atoms with Gasteiger partial charge in [-0.1, -0.05) is 43.3 Å². The number of methoxy groups -OCH3 is 2. The van der Waals surface area contributed by atoms with Crippen molar-refractivity contribution in [3.05, 3.63) is 83.4 Å². The molecular weight excluding hydrogens is 464 g/mol. The van der Waals surface area contributed by atoms with Crippen LogP contribution in [0.25, 0.3) is 0 Å². The average Bonchev–Trinajstić information content (AvgIpc) is 2.87. The molecule has 0 aliphatic carbocycles. The average molecular weight is 497 g/mol. The van der Waals surface area contributed by atoms with Crippen molar-refractivity contribution in [1.82, 2.24) is 5.32 Å². The molecule has 1 amide bonds. The molecule has 1 N–H and O–H groups in total. The molecular formula is C27H32N2O5S. The number of carbonyl (C=O) groups excluding carboxylic acids is 1. The van der Waals surface area contributed by atoms with Gasteiger partial charge in [-0.05, 0) is 67.3 Å². The van der Waals surface area contributed by atoms with Crippen LogP contribution in [0.4, 0.5) is 5.69 Å². The number of nitrogens with one attached hydrogen (secondary N) is 1. The summed E-state index contributed by atoms with van der Waals surface area (Å²) in [6.07, 6.45) is 0.607. The molecule has 7 nitrogen and oxygen atoms in total. The number of hydrogen-bond acceptors (Lipinski definition) is 5. The fourth-order valence-electron chi connectivity index (χ4n) is 3.89. The summed E-state index contributed by atoms with van der Waals surface area (Å²) in [7, 11) is -0.865. The van der Waals surface area contributed by atoms with E-state index in [2.05, 4.69) is 5.32 Å². The summed E-state index contributed by atoms with van der Waals surface area (Å²) in [4.78, 5) is 13.4. The number of ether oxygens (including phenoxy) is 2. The lowest BCUT2D eigenvalue weighted by Gasteiger charge is -2.27. The van der Waals surface area contributed by atoms with Gasteiger partial charge in [-0.2, -0.15) is 0 Å². The Kier molecular flexibility index (Phi) is 8.40. The van der Waals surface area contributed by atoms with Crippen LogP contribution in [0.3, 0.4) is 0 Å². The zero-order chi connectivity index (χ0) is 25.6. The summed E-state index contributed by atoms with van der Waals surface area (Å²) in [6.45, 7) is 5.36. The highest BCUT2D eigenvalue weighted by molar-refractivity contribution is 7.92. The fourth-order valence-corrected chi connectivity index (χ4v) is 5.39. The minimum Gasteiger partial charge on any atom is -0.493 e. The van der Waals surface area contributed by atoms with Crippen LogP contribution in [0.1, 0.15) is 36.1 Å². The van der Waals surface area contributed by atoms with Crippen LogP contribution in [0.15, 0.2) is 71.6 Å². The summed E-state index contributed by atoms with van der Waals surface area (Å²) >= 11 is 0. The molecule has 1 atom stereocenters. The topological polar surface area (TPSA) is 84.9 Å². The van der Waals surface area contributed by atoms with Gasteiger partial charge in [0, 0.05) is 0 Å². The zero-order valence-electron chi connectivity index (χ0n) is 20.7. The van der Waals surface area contributed by atoms with E-state index < -0.39 is 15.9 Å². The summed E-state index contributed by atoms with van der Waals surface area (Å²) in [5.41, 5.74) is 3.05. The number of benzene rings is 3. The van der Waals surface area contributed by atoms with E-state index in [-0.39, 0.29) is 17.5 Å². The second kappa shape index (κ2) is 11.3. The molecule has 1 unspecified atom stereocenters. The lowest BCUT2D eigenvalue weighted by molar-refractivity contribution is -0.120. The maximum absolute atomic E-state index is 13.6. The molecule has 0 bridgehead atoms. The lowest BCUT2D eigenvalue weighted by Crippen LogP contribution is -2.42. The second-order valence-corrected chi connectivity index (χ2v) is 10.0. The molecule has 0 fully saturated rings. The molecule has 3 rings (SSSR count). The summed E-state index contributed by atoms with van der Waals surface area (Å²) in [5.74, 6) is 0.737. The van der Waals surface area contributed by atoms with Crippen molar-refractivity contribution in [2.24, 2.45) is 0 Å². The first-order valence-electron chi connectivity index (χ1n) is 11.4. The molecule has 0 heterocycles. The molecule has 0 radical (unpaired) electrons. The monoisotopic (exact) mass is 496 g/mol. The predicted molar refractivity (Wildman–Crippen MR) is 138 cm³/mol. The zero-order valence-corrected chi connectivity index (χ0v) is 21.6. The number of rotatable bonds is 10. The Bertz CT molecular complexity index is 1280. The van der Waals surface area contributed by atoms with Crippen LogP contribution in [-0.4, -0.2) is 35.1 Å². The Balaban J connectivity index is 1.94. The van der Waals surface area contributed by atoms with Crippen molar-refractivity contribution in [1.29, 1.82) is 0 Å². The maximum atomic E-state index is 13.6. The van der Waals surface area contributed by atoms with Gasteiger partial charge in [0.2, 0.25) is 5.91 Å². The van der Waals surface area contributed by atoms with E-state index in [0.717, 1.165) is 16.7 Å². The molecule has 186 valence electrons. The first-order chi connectivity index (χ1) is 16.7. The largest absolute Gasteiger partial charge is 0.493 e. The van der Waals surface area contributed by atoms with Gasteiger partial charge in [-0.15, -0.1) is 0 Å². The van der Waals surface area contributed by atoms with Crippen LogP contribution in [-0.2, 0) is 14.8 Å². The molecule has 3 aromatic rings. The highest BCUT2D eigenvalue weighted by atomic mass is 32.2. The van der Waals surface area contributed by atoms with Crippen LogP contribution in [0.2, 0.25) is 0 Å². The molecule has 0 spiro atoms. The van der Waals surface area contributed by atoms with Crippen LogP contribution >= 0.6 is 0 Å². The first kappa shape index (κ1) is 26.1. The van der Waals surface area contributed by atoms with Crippen molar-refractivity contribution in [3.63, 3.8) is 0 Å². The third-order valence-electron chi connectivity index (χ3n) is 6.02. The van der Waals surface area contributed by atoms with E-state index in [1.54, 1.807) is 50.6 Å². The minimum atomic E-state index is -3.98. The van der Waals surface area contributed by atoms with Gasteiger partial charge in [-0.25, -0.2) is 8.42 Å². The lowest BCUT2D eigenvalue weighted by atomic mass is 10.0. The number of amides is 1. The molecule has 0 saturated heterocycles. The highest BCUT2D eigenvalue weighted by Crippen LogP contribution is 2.31. The van der Waals surface area contributed by atoms with E-state index in [1.807, 2.05) is 39.0 Å². The third kappa shape index (κ3) is 5.77. The Morgan fingerprint density at radius 1 is 0.943 bits per heavy atom. The minimum absolute atomic E-state index is 0.126. The highest BCUT2D eigenvalue weighted by Gasteiger charge is 2.29. The number of carbonyl (C=O) groups is 1. The van der Waals surface area contributed by atoms with Gasteiger partial charge in [0.1, 0.15) is 6.54 Å². The molecule has 35 heavy (non-hydrogen) atoms. The third-order valence-corrected chi connectivity index (χ3v) is 7.79. The maximum Gasteiger partial charge on any atom is 0.264 e. The Labute approximate surface area is 207 Å². The van der Waals surface area contributed by atoms with Gasteiger partial charge in [0.15, 0.2) is 11.5 Å². The fraction of sp³-hybridized carbons (Fsp3) is 0.296. The Morgan fingerprint density at radius 2 is 1.63 bits per heavy atom. The van der Waals surface area contributed by atoms with Gasteiger partial charge in [0.05, 0.1) is 30.8 Å². The second-order valence-electron chi connectivity index (χ2n) is 8.19. The summed E-state index contributed by atoms with van der Waals surface area (Å²) in [6, 6.07) is 18.7. The molecule has 0 aliphatic heterocycles. The van der Waals surface area contributed by atoms with Gasteiger partial charge in [0.25, 0.3) is 10.0 Å². The first-order valence-corrected chi connectivity index (χ1v) is 12.8. The van der Waals surface area contributed by atoms with E-state index in [1.165, 1.54) is 16.4 Å². The Hall–Kier alpha value is -3.52. The number of anilines is 1. The van der Waals surface area contributed by atoms with E-state index in [9.17, 15) is 13.2 Å². The van der Waals surface area contributed by atoms with Crippen LogP contribution < -0.4 is 19.1 Å². The number of nitrogens with zero attached hydrogens (tertiary/aromatic N) is 1. The van der Waals surface area contributed by atoms with Crippen molar-refractivity contribution >= 4 is 21.6 Å².